The van der Waals surface area contributed by atoms with Crippen molar-refractivity contribution in [2.45, 2.75) is 50.2 Å². The largest absolute Gasteiger partial charge is 0.494 e. The Morgan fingerprint density at radius 2 is 1.96 bits per heavy atom. The Bertz CT molecular complexity index is 708. The fourth-order valence-corrected chi connectivity index (χ4v) is 3.75. The number of thioether (sulfide) groups is 1. The Hall–Kier alpha value is -2.26. The summed E-state index contributed by atoms with van der Waals surface area (Å²) < 4.78 is 5.37. The van der Waals surface area contributed by atoms with Gasteiger partial charge in [-0.3, -0.25) is 19.7 Å². The van der Waals surface area contributed by atoms with Gasteiger partial charge in [-0.2, -0.15) is 0 Å². The van der Waals surface area contributed by atoms with Gasteiger partial charge in [-0.1, -0.05) is 0 Å². The maximum absolute atomic E-state index is 12.2. The van der Waals surface area contributed by atoms with E-state index in [2.05, 4.69) is 21.3 Å². The van der Waals surface area contributed by atoms with Crippen molar-refractivity contribution in [3.8, 4) is 5.75 Å². The molecule has 1 aliphatic carbocycles. The van der Waals surface area contributed by atoms with Crippen LogP contribution in [-0.4, -0.2) is 47.7 Å². The molecule has 1 aromatic rings. The van der Waals surface area contributed by atoms with Gasteiger partial charge in [0.1, 0.15) is 11.2 Å². The minimum atomic E-state index is -0.397. The molecule has 1 saturated carbocycles. The molecule has 2 unspecified atom stereocenters. The Morgan fingerprint density at radius 1 is 1.21 bits per heavy atom. The maximum Gasteiger partial charge on any atom is 0.234 e. The lowest BCUT2D eigenvalue weighted by Gasteiger charge is -2.30. The van der Waals surface area contributed by atoms with E-state index in [4.69, 9.17) is 4.74 Å². The van der Waals surface area contributed by atoms with Gasteiger partial charge in [0.2, 0.25) is 17.7 Å². The van der Waals surface area contributed by atoms with Gasteiger partial charge in [0.15, 0.2) is 0 Å². The summed E-state index contributed by atoms with van der Waals surface area (Å²) >= 11 is 1.29. The Morgan fingerprint density at radius 3 is 2.64 bits per heavy atom. The summed E-state index contributed by atoms with van der Waals surface area (Å²) in [5, 5.41) is 11.8. The molecule has 152 valence electrons. The van der Waals surface area contributed by atoms with Crippen molar-refractivity contribution in [3.63, 3.8) is 0 Å². The molecule has 0 bridgehead atoms. The molecule has 2 fully saturated rings. The first-order valence-corrected chi connectivity index (χ1v) is 10.6. The van der Waals surface area contributed by atoms with Gasteiger partial charge in [-0.25, -0.2) is 0 Å². The van der Waals surface area contributed by atoms with Gasteiger partial charge < -0.3 is 20.7 Å². The fraction of sp³-hybridized carbons (Fsp3) is 0.526. The fourth-order valence-electron chi connectivity index (χ4n) is 2.86. The number of carbonyl (C=O) groups excluding carboxylic acids is 3. The van der Waals surface area contributed by atoms with Crippen molar-refractivity contribution < 1.29 is 19.1 Å². The molecule has 3 amide bonds. The van der Waals surface area contributed by atoms with E-state index in [0.29, 0.717) is 18.3 Å². The molecule has 1 saturated heterocycles. The van der Waals surface area contributed by atoms with Gasteiger partial charge in [0.25, 0.3) is 0 Å². The molecule has 3 rings (SSSR count). The summed E-state index contributed by atoms with van der Waals surface area (Å²) in [6.07, 6.45) is 2.59. The van der Waals surface area contributed by atoms with E-state index in [1.54, 1.807) is 24.3 Å². The number of amides is 3. The molecule has 0 spiro atoms. The topological polar surface area (TPSA) is 109 Å². The Kier molecular flexibility index (Phi) is 7.16. The van der Waals surface area contributed by atoms with Gasteiger partial charge in [0.05, 0.1) is 12.4 Å². The number of anilines is 1. The summed E-state index contributed by atoms with van der Waals surface area (Å²) in [5.74, 6) is 0.602. The quantitative estimate of drug-likeness (QED) is 0.491. The Balaban J connectivity index is 1.41. The molecule has 0 radical (unpaired) electrons. The first-order valence-electron chi connectivity index (χ1n) is 9.51. The second-order valence-corrected chi connectivity index (χ2v) is 7.97. The second-order valence-electron chi connectivity index (χ2n) is 6.88. The second kappa shape index (κ2) is 9.79. The van der Waals surface area contributed by atoms with E-state index in [1.807, 2.05) is 6.92 Å². The van der Waals surface area contributed by atoms with Crippen LogP contribution in [0.4, 0.5) is 5.69 Å². The van der Waals surface area contributed by atoms with Gasteiger partial charge in [0, 0.05) is 30.6 Å². The highest BCUT2D eigenvalue weighted by atomic mass is 32.2. The first-order chi connectivity index (χ1) is 13.5. The third-order valence-electron chi connectivity index (χ3n) is 4.32. The highest BCUT2D eigenvalue weighted by molar-refractivity contribution is 8.00. The molecular formula is C19H26N4O4S. The van der Waals surface area contributed by atoms with Gasteiger partial charge in [-0.05, 0) is 44.0 Å². The zero-order valence-electron chi connectivity index (χ0n) is 15.8. The normalized spacial score (nSPS) is 21.5. The van der Waals surface area contributed by atoms with Crippen LogP contribution in [0.5, 0.6) is 5.75 Å². The number of hydrogen-bond donors (Lipinski definition) is 4. The van der Waals surface area contributed by atoms with Crippen LogP contribution in [-0.2, 0) is 14.4 Å². The van der Waals surface area contributed by atoms with Gasteiger partial charge in [-0.15, -0.1) is 11.8 Å². The standard InChI is InChI=1S/C19H26N4O4S/c1-2-27-15-7-5-13(6-8-15)21-18(26)11-28-19-22-14(10-17(25)23-19)9-16(24)20-12-3-4-12/h5-8,12,14,19,22H,2-4,9-11H2,1H3,(H,20,24)(H,21,26)(H,23,25). The van der Waals surface area contributed by atoms with E-state index in [1.165, 1.54) is 11.8 Å². The minimum absolute atomic E-state index is 0.0355. The molecule has 1 aliphatic heterocycles. The molecule has 0 aromatic heterocycles. The maximum atomic E-state index is 12.2. The molecule has 1 heterocycles. The van der Waals surface area contributed by atoms with Crippen molar-refractivity contribution in [1.82, 2.24) is 16.0 Å². The molecular weight excluding hydrogens is 380 g/mol. The van der Waals surface area contributed by atoms with Crippen molar-refractivity contribution >= 4 is 35.2 Å². The summed E-state index contributed by atoms with van der Waals surface area (Å²) in [7, 11) is 0. The molecule has 9 heteroatoms. The average Bonchev–Trinajstić information content (AvgIpc) is 3.45. The van der Waals surface area contributed by atoms with Crippen LogP contribution in [0.1, 0.15) is 32.6 Å². The van der Waals surface area contributed by atoms with Crippen LogP contribution in [0.15, 0.2) is 24.3 Å². The molecule has 4 N–H and O–H groups in total. The molecule has 1 aromatic carbocycles. The first kappa shape index (κ1) is 20.5. The molecule has 2 atom stereocenters. The predicted molar refractivity (Wildman–Crippen MR) is 108 cm³/mol. The summed E-state index contributed by atoms with van der Waals surface area (Å²) in [6, 6.07) is 7.24. The number of hydrogen-bond acceptors (Lipinski definition) is 6. The number of carbonyl (C=O) groups is 3. The number of nitrogens with one attached hydrogen (secondary N) is 4. The number of ether oxygens (including phenoxy) is 1. The lowest BCUT2D eigenvalue weighted by atomic mass is 10.1. The van der Waals surface area contributed by atoms with Gasteiger partial charge >= 0.3 is 0 Å². The SMILES string of the molecule is CCOc1ccc(NC(=O)CSC2NC(=O)CC(CC(=O)NC3CC3)N2)cc1. The van der Waals surface area contributed by atoms with Crippen molar-refractivity contribution in [2.75, 3.05) is 17.7 Å². The molecule has 2 aliphatic rings. The van der Waals surface area contributed by atoms with Crippen molar-refractivity contribution in [3.05, 3.63) is 24.3 Å². The summed E-state index contributed by atoms with van der Waals surface area (Å²) in [6.45, 7) is 2.50. The van der Waals surface area contributed by atoms with E-state index in [9.17, 15) is 14.4 Å². The summed E-state index contributed by atoms with van der Waals surface area (Å²) in [5.41, 5.74) is 0.287. The van der Waals surface area contributed by atoms with Crippen LogP contribution in [0.2, 0.25) is 0 Å². The smallest absolute Gasteiger partial charge is 0.234 e. The van der Waals surface area contributed by atoms with E-state index >= 15 is 0 Å². The van der Waals surface area contributed by atoms with Crippen LogP contribution >= 0.6 is 11.8 Å². The van der Waals surface area contributed by atoms with Crippen molar-refractivity contribution in [2.24, 2.45) is 0 Å². The third kappa shape index (κ3) is 6.72. The highest BCUT2D eigenvalue weighted by Crippen LogP contribution is 2.20. The zero-order chi connectivity index (χ0) is 19.9. The zero-order valence-corrected chi connectivity index (χ0v) is 16.6. The lowest BCUT2D eigenvalue weighted by Crippen LogP contribution is -2.56. The lowest BCUT2D eigenvalue weighted by molar-refractivity contribution is -0.125. The molecule has 28 heavy (non-hydrogen) atoms. The molecule has 8 nitrogen and oxygen atoms in total. The van der Waals surface area contributed by atoms with Crippen LogP contribution in [0.25, 0.3) is 0 Å². The van der Waals surface area contributed by atoms with Crippen LogP contribution in [0.3, 0.4) is 0 Å². The third-order valence-corrected chi connectivity index (χ3v) is 5.33. The van der Waals surface area contributed by atoms with Crippen molar-refractivity contribution in [1.29, 1.82) is 0 Å². The van der Waals surface area contributed by atoms with Crippen LogP contribution in [0, 0.1) is 0 Å². The van der Waals surface area contributed by atoms with E-state index in [-0.39, 0.29) is 42.4 Å². The number of rotatable bonds is 9. The van der Waals surface area contributed by atoms with Crippen LogP contribution < -0.4 is 26.0 Å². The monoisotopic (exact) mass is 406 g/mol. The number of benzene rings is 1. The summed E-state index contributed by atoms with van der Waals surface area (Å²) in [4.78, 5) is 36.0. The average molecular weight is 407 g/mol. The minimum Gasteiger partial charge on any atom is -0.494 e. The predicted octanol–water partition coefficient (Wildman–Crippen LogP) is 1.19. The van der Waals surface area contributed by atoms with E-state index < -0.39 is 5.50 Å². The highest BCUT2D eigenvalue weighted by Gasteiger charge is 2.30. The van der Waals surface area contributed by atoms with E-state index in [0.717, 1.165) is 18.6 Å². The Labute approximate surface area is 168 Å².